The van der Waals surface area contributed by atoms with E-state index in [1.807, 2.05) is 58.2 Å². The van der Waals surface area contributed by atoms with Crippen molar-refractivity contribution in [3.05, 3.63) is 51.5 Å². The van der Waals surface area contributed by atoms with Crippen LogP contribution in [0.15, 0.2) is 35.5 Å². The third-order valence-electron chi connectivity index (χ3n) is 3.44. The van der Waals surface area contributed by atoms with Crippen LogP contribution in [0.25, 0.3) is 0 Å². The molecule has 8 heteroatoms. The quantitative estimate of drug-likeness (QED) is 0.333. The maximum atomic E-state index is 12.3. The van der Waals surface area contributed by atoms with Crippen LogP contribution in [-0.2, 0) is 13.1 Å². The molecule has 0 saturated heterocycles. The Bertz CT molecular complexity index is 782. The van der Waals surface area contributed by atoms with Gasteiger partial charge in [0.05, 0.1) is 6.54 Å². The van der Waals surface area contributed by atoms with Gasteiger partial charge in [0.2, 0.25) is 0 Å². The summed E-state index contributed by atoms with van der Waals surface area (Å²) >= 11 is 1.66. The molecule has 1 aromatic heterocycles. The van der Waals surface area contributed by atoms with Crippen LogP contribution >= 0.6 is 35.3 Å². The molecule has 0 unspecified atom stereocenters. The zero-order valence-corrected chi connectivity index (χ0v) is 19.6. The minimum absolute atomic E-state index is 0. The monoisotopic (exact) mass is 501 g/mol. The molecule has 27 heavy (non-hydrogen) atoms. The number of benzene rings is 1. The molecule has 1 aromatic carbocycles. The van der Waals surface area contributed by atoms with Gasteiger partial charge in [-0.15, -0.1) is 35.3 Å². The van der Waals surface area contributed by atoms with E-state index in [2.05, 4.69) is 25.9 Å². The van der Waals surface area contributed by atoms with Crippen LogP contribution < -0.4 is 16.0 Å². The second kappa shape index (κ2) is 10.6. The number of aliphatic imine (C=N–C) groups is 1. The SMILES string of the molecule is CN=C(NCc1cccc(C(=O)NC(C)(C)C)c1)NCc1ncc(C)s1.I. The van der Waals surface area contributed by atoms with E-state index in [9.17, 15) is 4.79 Å². The third-order valence-corrected chi connectivity index (χ3v) is 4.35. The highest BCUT2D eigenvalue weighted by Gasteiger charge is 2.15. The second-order valence-electron chi connectivity index (χ2n) is 7.05. The van der Waals surface area contributed by atoms with E-state index >= 15 is 0 Å². The van der Waals surface area contributed by atoms with Crippen molar-refractivity contribution in [2.24, 2.45) is 4.99 Å². The van der Waals surface area contributed by atoms with Crippen molar-refractivity contribution < 1.29 is 4.79 Å². The first-order chi connectivity index (χ1) is 12.3. The van der Waals surface area contributed by atoms with Crippen LogP contribution in [0, 0.1) is 6.92 Å². The number of hydrogen-bond acceptors (Lipinski definition) is 4. The number of hydrogen-bond donors (Lipinski definition) is 3. The van der Waals surface area contributed by atoms with Gasteiger partial charge in [0, 0.05) is 35.8 Å². The molecular weight excluding hydrogens is 473 g/mol. The van der Waals surface area contributed by atoms with Gasteiger partial charge in [-0.1, -0.05) is 12.1 Å². The molecule has 1 amide bonds. The Morgan fingerprint density at radius 2 is 1.93 bits per heavy atom. The maximum Gasteiger partial charge on any atom is 0.251 e. The average molecular weight is 501 g/mol. The highest BCUT2D eigenvalue weighted by atomic mass is 127. The van der Waals surface area contributed by atoms with Crippen molar-refractivity contribution >= 4 is 47.2 Å². The average Bonchev–Trinajstić information content (AvgIpc) is 2.99. The van der Waals surface area contributed by atoms with Gasteiger partial charge in [0.1, 0.15) is 5.01 Å². The third kappa shape index (κ3) is 8.25. The largest absolute Gasteiger partial charge is 0.352 e. The topological polar surface area (TPSA) is 78.4 Å². The number of rotatable bonds is 5. The Morgan fingerprint density at radius 1 is 1.22 bits per heavy atom. The summed E-state index contributed by atoms with van der Waals surface area (Å²) in [6.07, 6.45) is 1.87. The smallest absolute Gasteiger partial charge is 0.251 e. The van der Waals surface area contributed by atoms with Crippen molar-refractivity contribution in [1.82, 2.24) is 20.9 Å². The van der Waals surface area contributed by atoms with E-state index in [4.69, 9.17) is 0 Å². The zero-order chi connectivity index (χ0) is 19.2. The summed E-state index contributed by atoms with van der Waals surface area (Å²) in [5.74, 6) is 0.628. The summed E-state index contributed by atoms with van der Waals surface area (Å²) < 4.78 is 0. The number of nitrogens with zero attached hydrogens (tertiary/aromatic N) is 2. The maximum absolute atomic E-state index is 12.3. The van der Waals surface area contributed by atoms with E-state index in [0.717, 1.165) is 10.6 Å². The highest BCUT2D eigenvalue weighted by Crippen LogP contribution is 2.10. The number of guanidine groups is 1. The molecule has 0 spiro atoms. The minimum atomic E-state index is -0.258. The van der Waals surface area contributed by atoms with Gasteiger partial charge in [-0.3, -0.25) is 9.79 Å². The molecule has 3 N–H and O–H groups in total. The number of carbonyl (C=O) groups is 1. The van der Waals surface area contributed by atoms with E-state index < -0.39 is 0 Å². The number of nitrogens with one attached hydrogen (secondary N) is 3. The van der Waals surface area contributed by atoms with Crippen molar-refractivity contribution in [3.8, 4) is 0 Å². The van der Waals surface area contributed by atoms with Crippen LogP contribution in [-0.4, -0.2) is 29.4 Å². The van der Waals surface area contributed by atoms with Gasteiger partial charge in [0.25, 0.3) is 5.91 Å². The number of halogens is 1. The number of aromatic nitrogens is 1. The Morgan fingerprint density at radius 3 is 2.52 bits per heavy atom. The summed E-state index contributed by atoms with van der Waals surface area (Å²) in [5, 5.41) is 10.5. The molecule has 0 fully saturated rings. The van der Waals surface area contributed by atoms with Crippen LogP contribution in [0.5, 0.6) is 0 Å². The van der Waals surface area contributed by atoms with Crippen molar-refractivity contribution in [2.45, 2.75) is 46.3 Å². The fourth-order valence-electron chi connectivity index (χ4n) is 2.28. The Labute approximate surface area is 182 Å². The van der Waals surface area contributed by atoms with Crippen LogP contribution in [0.3, 0.4) is 0 Å². The predicted octanol–water partition coefficient (Wildman–Crippen LogP) is 3.46. The lowest BCUT2D eigenvalue weighted by Crippen LogP contribution is -2.40. The van der Waals surface area contributed by atoms with Gasteiger partial charge in [0.15, 0.2) is 5.96 Å². The predicted molar refractivity (Wildman–Crippen MR) is 123 cm³/mol. The molecule has 2 rings (SSSR count). The summed E-state index contributed by atoms with van der Waals surface area (Å²) in [7, 11) is 1.73. The van der Waals surface area contributed by atoms with Crippen molar-refractivity contribution in [3.63, 3.8) is 0 Å². The lowest BCUT2D eigenvalue weighted by Gasteiger charge is -2.20. The lowest BCUT2D eigenvalue weighted by atomic mass is 10.1. The van der Waals surface area contributed by atoms with Crippen LogP contribution in [0.2, 0.25) is 0 Å². The molecule has 0 saturated carbocycles. The zero-order valence-electron chi connectivity index (χ0n) is 16.4. The molecule has 0 radical (unpaired) electrons. The molecule has 0 aliphatic carbocycles. The van der Waals surface area contributed by atoms with Crippen LogP contribution in [0.1, 0.15) is 46.6 Å². The van der Waals surface area contributed by atoms with Gasteiger partial charge in [-0.05, 0) is 45.4 Å². The molecular formula is C19H28IN5OS. The Kier molecular flexibility index (Phi) is 9.17. The molecule has 148 valence electrons. The first-order valence-corrected chi connectivity index (χ1v) is 9.36. The molecule has 0 atom stereocenters. The first-order valence-electron chi connectivity index (χ1n) is 8.54. The standard InChI is InChI=1S/C19H27N5OS.HI/c1-13-10-21-16(26-13)12-23-18(20-5)22-11-14-7-6-8-15(9-14)17(25)24-19(2,3)4;/h6-10H,11-12H2,1-5H3,(H,24,25)(H2,20,22,23);1H. The number of thiazole rings is 1. The molecule has 6 nitrogen and oxygen atoms in total. The summed E-state index contributed by atoms with van der Waals surface area (Å²) in [4.78, 5) is 22.0. The summed E-state index contributed by atoms with van der Waals surface area (Å²) in [6, 6.07) is 7.59. The van der Waals surface area contributed by atoms with E-state index in [1.165, 1.54) is 4.88 Å². The van der Waals surface area contributed by atoms with E-state index in [1.54, 1.807) is 18.4 Å². The number of carbonyl (C=O) groups excluding carboxylic acids is 1. The summed E-state index contributed by atoms with van der Waals surface area (Å²) in [6.45, 7) is 9.15. The fraction of sp³-hybridized carbons (Fsp3) is 0.421. The number of aryl methyl sites for hydroxylation is 1. The highest BCUT2D eigenvalue weighted by molar-refractivity contribution is 14.0. The minimum Gasteiger partial charge on any atom is -0.352 e. The number of amides is 1. The van der Waals surface area contributed by atoms with Gasteiger partial charge in [-0.2, -0.15) is 0 Å². The molecule has 1 heterocycles. The van der Waals surface area contributed by atoms with E-state index in [-0.39, 0.29) is 35.4 Å². The van der Waals surface area contributed by atoms with E-state index in [0.29, 0.717) is 24.6 Å². The van der Waals surface area contributed by atoms with Crippen molar-refractivity contribution in [1.29, 1.82) is 0 Å². The van der Waals surface area contributed by atoms with Crippen LogP contribution in [0.4, 0.5) is 0 Å². The van der Waals surface area contributed by atoms with Gasteiger partial charge in [-0.25, -0.2) is 4.98 Å². The molecule has 2 aromatic rings. The Hall–Kier alpha value is -1.68. The van der Waals surface area contributed by atoms with Gasteiger partial charge >= 0.3 is 0 Å². The van der Waals surface area contributed by atoms with Gasteiger partial charge < -0.3 is 16.0 Å². The normalized spacial score (nSPS) is 11.5. The molecule has 0 aliphatic heterocycles. The molecule has 0 bridgehead atoms. The second-order valence-corrected chi connectivity index (χ2v) is 8.37. The summed E-state index contributed by atoms with van der Waals surface area (Å²) in [5.41, 5.74) is 1.41. The fourth-order valence-corrected chi connectivity index (χ4v) is 3.01. The molecule has 0 aliphatic rings. The van der Waals surface area contributed by atoms with Crippen molar-refractivity contribution in [2.75, 3.05) is 7.05 Å². The Balaban J connectivity index is 0.00000364. The first kappa shape index (κ1) is 23.4. The lowest BCUT2D eigenvalue weighted by molar-refractivity contribution is 0.0919.